The minimum atomic E-state index is -2.26. The Kier molecular flexibility index (Phi) is 5.80. The van der Waals surface area contributed by atoms with Crippen LogP contribution in [0.1, 0.15) is 24.6 Å². The molecule has 0 amide bonds. The van der Waals surface area contributed by atoms with Gasteiger partial charge in [0.2, 0.25) is 0 Å². The molecule has 0 aliphatic carbocycles. The number of hydrogen-bond acceptors (Lipinski definition) is 4. The molecule has 1 aromatic carbocycles. The topological polar surface area (TPSA) is 39.1 Å². The molecule has 0 fully saturated rings. The molecule has 2 radical (unpaired) electrons. The Hall–Kier alpha value is -0.408. The van der Waals surface area contributed by atoms with Crippen LogP contribution in [0.15, 0.2) is 24.3 Å². The van der Waals surface area contributed by atoms with Crippen molar-refractivity contribution in [1.29, 1.82) is 0 Å². The molecule has 1 aromatic heterocycles. The summed E-state index contributed by atoms with van der Waals surface area (Å²) in [5.41, 5.74) is 2.63. The zero-order valence-corrected chi connectivity index (χ0v) is 13.0. The van der Waals surface area contributed by atoms with E-state index in [0.29, 0.717) is 5.75 Å². The molecule has 2 rings (SSSR count). The molecule has 0 aliphatic heterocycles. The van der Waals surface area contributed by atoms with Crippen LogP contribution in [0.25, 0.3) is 10.9 Å². The number of para-hydroxylation sites is 1. The molecule has 94 valence electrons. The van der Waals surface area contributed by atoms with Gasteiger partial charge in [0.15, 0.2) is 0 Å². The van der Waals surface area contributed by atoms with E-state index in [9.17, 15) is 8.42 Å². The van der Waals surface area contributed by atoms with E-state index in [0.717, 1.165) is 35.0 Å². The summed E-state index contributed by atoms with van der Waals surface area (Å²) in [7, 11) is -2.26. The van der Waals surface area contributed by atoms with Crippen molar-refractivity contribution in [2.24, 2.45) is 0 Å². The molecule has 3 nitrogen and oxygen atoms in total. The van der Waals surface area contributed by atoms with Crippen LogP contribution in [0.3, 0.4) is 0 Å². The predicted molar refractivity (Wildman–Crippen MR) is 78.5 cm³/mol. The number of nitrogens with zero attached hydrogens (tertiary/aromatic N) is 1. The van der Waals surface area contributed by atoms with Crippen LogP contribution in [0, 0.1) is 0 Å². The summed E-state index contributed by atoms with van der Waals surface area (Å²) in [6.45, 7) is 2.04. The Morgan fingerprint density at radius 2 is 1.94 bits per heavy atom. The summed E-state index contributed by atoms with van der Waals surface area (Å²) in [6.07, 6.45) is 1.66. The molecule has 2 aromatic rings. The first-order valence-corrected chi connectivity index (χ1v) is 7.19. The fourth-order valence-corrected chi connectivity index (χ4v) is 3.22. The van der Waals surface area contributed by atoms with Crippen LogP contribution in [-0.2, 0) is 31.5 Å². The van der Waals surface area contributed by atoms with Gasteiger partial charge in [-0.3, -0.25) is 0 Å². The Labute approximate surface area is 125 Å². The molecular weight excluding hydrogens is 281 g/mol. The van der Waals surface area contributed by atoms with Crippen molar-refractivity contribution < 1.29 is 8.42 Å². The molecular formula is C12H14AlNO2S2. The van der Waals surface area contributed by atoms with Gasteiger partial charge in [-0.05, 0) is 18.1 Å². The average molecular weight is 295 g/mol. The monoisotopic (exact) mass is 295 g/mol. The van der Waals surface area contributed by atoms with E-state index in [4.69, 9.17) is 0 Å². The zero-order valence-electron chi connectivity index (χ0n) is 10.1. The average Bonchev–Trinajstić information content (AvgIpc) is 2.62. The maximum atomic E-state index is 11.4. The third-order valence-corrected chi connectivity index (χ3v) is 3.87. The third-order valence-electron chi connectivity index (χ3n) is 2.84. The Bertz CT molecular complexity index is 612. The van der Waals surface area contributed by atoms with Gasteiger partial charge in [0.1, 0.15) is 0 Å². The van der Waals surface area contributed by atoms with Gasteiger partial charge in [-0.2, -0.15) is 12.6 Å². The van der Waals surface area contributed by atoms with Crippen molar-refractivity contribution in [3.8, 4) is 0 Å². The van der Waals surface area contributed by atoms with Crippen molar-refractivity contribution in [2.75, 3.05) is 0 Å². The van der Waals surface area contributed by atoms with Gasteiger partial charge < -0.3 is 12.4 Å². The van der Waals surface area contributed by atoms with E-state index in [2.05, 4.69) is 12.6 Å². The molecule has 6 heteroatoms. The number of aromatic nitrogens is 1. The second-order valence-corrected chi connectivity index (χ2v) is 4.98. The van der Waals surface area contributed by atoms with Crippen LogP contribution >= 0.6 is 12.6 Å². The van der Waals surface area contributed by atoms with Crippen molar-refractivity contribution in [3.63, 3.8) is 0 Å². The molecule has 0 spiro atoms. The van der Waals surface area contributed by atoms with Crippen LogP contribution in [0.2, 0.25) is 0 Å². The Morgan fingerprint density at radius 1 is 1.28 bits per heavy atom. The molecule has 0 atom stereocenters. The van der Waals surface area contributed by atoms with E-state index < -0.39 is 10.9 Å². The molecule has 1 heterocycles. The maximum Gasteiger partial charge on any atom is 1.00 e. The number of hydrogen-bond donors (Lipinski definition) is 1. The van der Waals surface area contributed by atoms with E-state index in [1.54, 1.807) is 0 Å². The number of benzene rings is 1. The molecule has 0 saturated heterocycles. The standard InChI is InChI=1S/C12H14NO2S2.Al/c1-2-5-11-10(8-16)9-6-3-4-7-12(9)13(11)17(14)15;/h3-4,6-7,16H,2,5,8H2,1H3;/q-1;+1. The fraction of sp³-hybridized carbons (Fsp3) is 0.333. The second-order valence-electron chi connectivity index (χ2n) is 3.86. The summed E-state index contributed by atoms with van der Waals surface area (Å²) in [4.78, 5) is 0. The predicted octanol–water partition coefficient (Wildman–Crippen LogP) is 2.72. The van der Waals surface area contributed by atoms with Gasteiger partial charge in [-0.1, -0.05) is 31.5 Å². The molecule has 0 N–H and O–H groups in total. The quantitative estimate of drug-likeness (QED) is 0.535. The van der Waals surface area contributed by atoms with Crippen LogP contribution < -0.4 is 0 Å². The zero-order chi connectivity index (χ0) is 12.4. The smallest absolute Gasteiger partial charge is 0.403 e. The fourth-order valence-electron chi connectivity index (χ4n) is 2.17. The first kappa shape index (κ1) is 15.6. The van der Waals surface area contributed by atoms with E-state index in [1.165, 1.54) is 3.97 Å². The van der Waals surface area contributed by atoms with Crippen molar-refractivity contribution >= 4 is 51.8 Å². The first-order valence-electron chi connectivity index (χ1n) is 5.52. The normalized spacial score (nSPS) is 10.8. The largest absolute Gasteiger partial charge is 1.00 e. The second kappa shape index (κ2) is 6.67. The van der Waals surface area contributed by atoms with Crippen LogP contribution in [0.4, 0.5) is 0 Å². The SMILES string of the molecule is CCCc1c(CS)c2ccccc2n1[S-](=O)=O.[Al+]. The number of thiol groups is 1. The minimum absolute atomic E-state index is 0. The third kappa shape index (κ3) is 2.62. The van der Waals surface area contributed by atoms with Gasteiger partial charge in [0, 0.05) is 33.2 Å². The maximum absolute atomic E-state index is 11.4. The molecule has 18 heavy (non-hydrogen) atoms. The summed E-state index contributed by atoms with van der Waals surface area (Å²) in [6, 6.07) is 7.55. The molecule has 0 aliphatic rings. The summed E-state index contributed by atoms with van der Waals surface area (Å²) >= 11 is 4.32. The first-order chi connectivity index (χ1) is 8.20. The molecule has 0 saturated carbocycles. The van der Waals surface area contributed by atoms with E-state index >= 15 is 0 Å². The summed E-state index contributed by atoms with van der Waals surface area (Å²) in [5, 5.41) is 0.982. The van der Waals surface area contributed by atoms with Gasteiger partial charge >= 0.3 is 17.4 Å². The molecule has 0 bridgehead atoms. The molecule has 0 unspecified atom stereocenters. The van der Waals surface area contributed by atoms with Gasteiger partial charge in [0.05, 0.1) is 0 Å². The van der Waals surface area contributed by atoms with Crippen LogP contribution in [-0.4, -0.2) is 21.3 Å². The van der Waals surface area contributed by atoms with Crippen LogP contribution in [0.5, 0.6) is 0 Å². The van der Waals surface area contributed by atoms with E-state index in [1.807, 2.05) is 31.2 Å². The van der Waals surface area contributed by atoms with E-state index in [-0.39, 0.29) is 17.4 Å². The summed E-state index contributed by atoms with van der Waals surface area (Å²) < 4.78 is 24.1. The van der Waals surface area contributed by atoms with Gasteiger partial charge in [0.25, 0.3) is 0 Å². The summed E-state index contributed by atoms with van der Waals surface area (Å²) in [5.74, 6) is 0.556. The van der Waals surface area contributed by atoms with Gasteiger partial charge in [-0.25, -0.2) is 0 Å². The Balaban J connectivity index is 0.00000162. The van der Waals surface area contributed by atoms with Crippen molar-refractivity contribution in [1.82, 2.24) is 3.97 Å². The Morgan fingerprint density at radius 3 is 2.50 bits per heavy atom. The number of fused-ring (bicyclic) bond motifs is 1. The number of rotatable bonds is 4. The van der Waals surface area contributed by atoms with Crippen molar-refractivity contribution in [3.05, 3.63) is 35.5 Å². The van der Waals surface area contributed by atoms with Crippen molar-refractivity contribution in [2.45, 2.75) is 25.5 Å². The minimum Gasteiger partial charge on any atom is -0.403 e. The van der Waals surface area contributed by atoms with Gasteiger partial charge in [-0.15, -0.1) is 0 Å².